The van der Waals surface area contributed by atoms with Crippen molar-refractivity contribution in [3.8, 4) is 0 Å². The highest BCUT2D eigenvalue weighted by atomic mass is 19.1. The van der Waals surface area contributed by atoms with Crippen molar-refractivity contribution < 1.29 is 8.78 Å². The van der Waals surface area contributed by atoms with Gasteiger partial charge in [0.15, 0.2) is 0 Å². The van der Waals surface area contributed by atoms with Gasteiger partial charge in [0.05, 0.1) is 0 Å². The van der Waals surface area contributed by atoms with Crippen LogP contribution in [0.2, 0.25) is 0 Å². The van der Waals surface area contributed by atoms with Gasteiger partial charge in [-0.3, -0.25) is 0 Å². The molecule has 1 aromatic carbocycles. The smallest absolute Gasteiger partial charge is 0.126 e. The molecule has 1 N–H and O–H groups in total. The first-order valence-corrected chi connectivity index (χ1v) is 5.66. The summed E-state index contributed by atoms with van der Waals surface area (Å²) < 4.78 is 26.4. The predicted octanol–water partition coefficient (Wildman–Crippen LogP) is 3.31. The molecule has 0 aliphatic heterocycles. The van der Waals surface area contributed by atoms with E-state index in [4.69, 9.17) is 0 Å². The molecular weight excluding hydrogens is 208 g/mol. The zero-order valence-electron chi connectivity index (χ0n) is 10.1. The van der Waals surface area contributed by atoms with Crippen LogP contribution < -0.4 is 5.32 Å². The van der Waals surface area contributed by atoms with Gasteiger partial charge in [-0.05, 0) is 42.1 Å². The van der Waals surface area contributed by atoms with Crippen molar-refractivity contribution in [3.63, 3.8) is 0 Å². The maximum atomic E-state index is 13.4. The molecular formula is C13H19F2N. The highest BCUT2D eigenvalue weighted by Gasteiger charge is 2.11. The quantitative estimate of drug-likeness (QED) is 0.813. The van der Waals surface area contributed by atoms with Crippen LogP contribution in [0.25, 0.3) is 0 Å². The van der Waals surface area contributed by atoms with Gasteiger partial charge in [0, 0.05) is 6.54 Å². The van der Waals surface area contributed by atoms with Crippen LogP contribution >= 0.6 is 0 Å². The van der Waals surface area contributed by atoms with Crippen LogP contribution in [0.4, 0.5) is 8.78 Å². The third-order valence-electron chi connectivity index (χ3n) is 2.49. The van der Waals surface area contributed by atoms with E-state index in [1.54, 1.807) is 0 Å². The maximum Gasteiger partial charge on any atom is 0.126 e. The van der Waals surface area contributed by atoms with Gasteiger partial charge >= 0.3 is 0 Å². The minimum Gasteiger partial charge on any atom is -0.316 e. The molecule has 1 atom stereocenters. The lowest BCUT2D eigenvalue weighted by Crippen LogP contribution is -2.24. The fraction of sp³-hybridized carbons (Fsp3) is 0.538. The van der Waals surface area contributed by atoms with Gasteiger partial charge in [0.1, 0.15) is 11.6 Å². The van der Waals surface area contributed by atoms with Crippen molar-refractivity contribution in [2.45, 2.75) is 26.7 Å². The Morgan fingerprint density at radius 1 is 1.12 bits per heavy atom. The van der Waals surface area contributed by atoms with Crippen LogP contribution in [0.5, 0.6) is 0 Å². The van der Waals surface area contributed by atoms with Crippen molar-refractivity contribution in [1.82, 2.24) is 5.32 Å². The van der Waals surface area contributed by atoms with Crippen molar-refractivity contribution in [1.29, 1.82) is 0 Å². The maximum absolute atomic E-state index is 13.4. The number of halogens is 2. The lowest BCUT2D eigenvalue weighted by molar-refractivity contribution is 0.511. The van der Waals surface area contributed by atoms with E-state index < -0.39 is 0 Å². The lowest BCUT2D eigenvalue weighted by atomic mass is 10.0. The normalized spacial score (nSPS) is 13.1. The highest BCUT2D eigenvalue weighted by molar-refractivity contribution is 5.22. The van der Waals surface area contributed by atoms with E-state index in [1.165, 1.54) is 12.1 Å². The first-order chi connectivity index (χ1) is 7.50. The van der Waals surface area contributed by atoms with E-state index in [-0.39, 0.29) is 17.6 Å². The third-order valence-corrected chi connectivity index (χ3v) is 2.49. The van der Waals surface area contributed by atoms with Gasteiger partial charge in [-0.25, -0.2) is 8.78 Å². The van der Waals surface area contributed by atoms with Gasteiger partial charge in [-0.2, -0.15) is 0 Å². The van der Waals surface area contributed by atoms with Crippen LogP contribution in [-0.4, -0.2) is 13.1 Å². The monoisotopic (exact) mass is 227 g/mol. The second-order valence-electron chi connectivity index (χ2n) is 4.62. The van der Waals surface area contributed by atoms with Gasteiger partial charge < -0.3 is 5.32 Å². The van der Waals surface area contributed by atoms with Crippen LogP contribution in [0.15, 0.2) is 18.2 Å². The fourth-order valence-corrected chi connectivity index (χ4v) is 1.59. The van der Waals surface area contributed by atoms with Gasteiger partial charge in [0.25, 0.3) is 0 Å². The molecule has 0 spiro atoms. The summed E-state index contributed by atoms with van der Waals surface area (Å²) in [7, 11) is 0. The van der Waals surface area contributed by atoms with Crippen molar-refractivity contribution >= 4 is 0 Å². The van der Waals surface area contributed by atoms with Gasteiger partial charge in [-0.15, -0.1) is 0 Å². The molecule has 0 saturated carbocycles. The highest BCUT2D eigenvalue weighted by Crippen LogP contribution is 2.19. The minimum atomic E-state index is -0.382. The van der Waals surface area contributed by atoms with Gasteiger partial charge in [0.2, 0.25) is 0 Å². The van der Waals surface area contributed by atoms with E-state index in [0.29, 0.717) is 18.0 Å². The van der Waals surface area contributed by atoms with Crippen LogP contribution in [0.3, 0.4) is 0 Å². The Balaban J connectivity index is 2.58. The molecule has 1 rings (SSSR count). The topological polar surface area (TPSA) is 12.0 Å². The molecule has 0 saturated heterocycles. The molecule has 0 amide bonds. The van der Waals surface area contributed by atoms with E-state index in [0.717, 1.165) is 12.6 Å². The number of hydrogen-bond acceptors (Lipinski definition) is 1. The molecule has 0 radical (unpaired) electrons. The summed E-state index contributed by atoms with van der Waals surface area (Å²) in [5, 5.41) is 3.24. The fourth-order valence-electron chi connectivity index (χ4n) is 1.59. The molecule has 0 aliphatic carbocycles. The Morgan fingerprint density at radius 2 is 1.81 bits per heavy atom. The Bertz CT molecular complexity index is 337. The second kappa shape index (κ2) is 5.94. The van der Waals surface area contributed by atoms with E-state index >= 15 is 0 Å². The molecule has 0 fully saturated rings. The largest absolute Gasteiger partial charge is 0.316 e. The van der Waals surface area contributed by atoms with Crippen LogP contribution in [0.1, 0.15) is 32.3 Å². The van der Waals surface area contributed by atoms with Crippen LogP contribution in [-0.2, 0) is 0 Å². The Morgan fingerprint density at radius 3 is 2.44 bits per heavy atom. The summed E-state index contributed by atoms with van der Waals surface area (Å²) in [6.07, 6.45) is 0. The van der Waals surface area contributed by atoms with Crippen LogP contribution in [0, 0.1) is 17.6 Å². The summed E-state index contributed by atoms with van der Waals surface area (Å²) >= 11 is 0. The molecule has 1 aromatic rings. The Kier molecular flexibility index (Phi) is 4.87. The molecule has 16 heavy (non-hydrogen) atoms. The zero-order valence-corrected chi connectivity index (χ0v) is 10.1. The minimum absolute atomic E-state index is 0.0190. The summed E-state index contributed by atoms with van der Waals surface area (Å²) in [5.74, 6) is -0.175. The third kappa shape index (κ3) is 3.89. The van der Waals surface area contributed by atoms with E-state index in [2.05, 4.69) is 19.2 Å². The average Bonchev–Trinajstić information content (AvgIpc) is 2.21. The molecule has 0 aliphatic rings. The standard InChI is InChI=1S/C13H19F2N/c1-9(2)7-16-8-10(3)12-6-11(14)4-5-13(12)15/h4-6,9-10,16H,7-8H2,1-3H3. The second-order valence-corrected chi connectivity index (χ2v) is 4.62. The molecule has 90 valence electrons. The number of rotatable bonds is 5. The molecule has 1 nitrogen and oxygen atoms in total. The summed E-state index contributed by atoms with van der Waals surface area (Å²) in [6.45, 7) is 7.67. The van der Waals surface area contributed by atoms with Gasteiger partial charge in [-0.1, -0.05) is 20.8 Å². The number of hydrogen-bond donors (Lipinski definition) is 1. The summed E-state index contributed by atoms with van der Waals surface area (Å²) in [6, 6.07) is 3.60. The number of benzene rings is 1. The molecule has 3 heteroatoms. The van der Waals surface area contributed by atoms with E-state index in [1.807, 2.05) is 6.92 Å². The van der Waals surface area contributed by atoms with E-state index in [9.17, 15) is 8.78 Å². The Hall–Kier alpha value is -0.960. The van der Waals surface area contributed by atoms with Crippen molar-refractivity contribution in [3.05, 3.63) is 35.4 Å². The molecule has 0 bridgehead atoms. The lowest BCUT2D eigenvalue weighted by Gasteiger charge is -2.15. The average molecular weight is 227 g/mol. The summed E-state index contributed by atoms with van der Waals surface area (Å²) in [5.41, 5.74) is 0.441. The summed E-state index contributed by atoms with van der Waals surface area (Å²) in [4.78, 5) is 0. The number of nitrogens with one attached hydrogen (secondary N) is 1. The first kappa shape index (κ1) is 13.1. The molecule has 1 unspecified atom stereocenters. The predicted molar refractivity (Wildman–Crippen MR) is 62.5 cm³/mol. The van der Waals surface area contributed by atoms with Crippen molar-refractivity contribution in [2.24, 2.45) is 5.92 Å². The zero-order chi connectivity index (χ0) is 12.1. The Labute approximate surface area is 95.9 Å². The van der Waals surface area contributed by atoms with Crippen molar-refractivity contribution in [2.75, 3.05) is 13.1 Å². The molecule has 0 aromatic heterocycles. The SMILES string of the molecule is CC(C)CNCC(C)c1cc(F)ccc1F. The first-order valence-electron chi connectivity index (χ1n) is 5.66. The molecule has 0 heterocycles.